The van der Waals surface area contributed by atoms with Gasteiger partial charge in [-0.3, -0.25) is 14.4 Å². The summed E-state index contributed by atoms with van der Waals surface area (Å²) < 4.78 is 0. The molecule has 0 saturated heterocycles. The van der Waals surface area contributed by atoms with Gasteiger partial charge < -0.3 is 10.2 Å². The number of rotatable bonds is 10. The van der Waals surface area contributed by atoms with Crippen LogP contribution in [0.4, 0.5) is 0 Å². The van der Waals surface area contributed by atoms with Crippen molar-refractivity contribution in [3.8, 4) is 0 Å². The van der Waals surface area contributed by atoms with Gasteiger partial charge in [0.05, 0.1) is 5.92 Å². The van der Waals surface area contributed by atoms with Crippen LogP contribution in [0.3, 0.4) is 0 Å². The third-order valence-electron chi connectivity index (χ3n) is 4.68. The second kappa shape index (κ2) is 8.75. The van der Waals surface area contributed by atoms with E-state index in [2.05, 4.69) is 0 Å². The third-order valence-corrected chi connectivity index (χ3v) is 4.68. The zero-order valence-electron chi connectivity index (χ0n) is 16.1. The van der Waals surface area contributed by atoms with Crippen molar-refractivity contribution in [1.29, 1.82) is 0 Å². The molecule has 5 heteroatoms. The minimum absolute atomic E-state index is 0.120. The quantitative estimate of drug-likeness (QED) is 0.587. The van der Waals surface area contributed by atoms with Gasteiger partial charge in [-0.1, -0.05) is 41.0 Å². The van der Waals surface area contributed by atoms with E-state index < -0.39 is 28.8 Å². The lowest BCUT2D eigenvalue weighted by Crippen LogP contribution is -2.41. The molecule has 142 valence electrons. The molecule has 0 aromatic heterocycles. The third kappa shape index (κ3) is 5.00. The Bertz CT molecular complexity index is 558. The molecule has 0 spiro atoms. The average molecular weight is 352 g/mol. The van der Waals surface area contributed by atoms with Crippen molar-refractivity contribution in [1.82, 2.24) is 0 Å². The molecule has 0 amide bonds. The normalized spacial score (nSPS) is 23.8. The van der Waals surface area contributed by atoms with Gasteiger partial charge in [0, 0.05) is 19.3 Å². The molecule has 0 aliphatic heterocycles. The second-order valence-electron chi connectivity index (χ2n) is 8.02. The Morgan fingerprint density at radius 3 is 2.24 bits per heavy atom. The molecule has 0 aromatic rings. The van der Waals surface area contributed by atoms with E-state index in [1.54, 1.807) is 0 Å². The van der Waals surface area contributed by atoms with Crippen molar-refractivity contribution in [3.05, 3.63) is 11.3 Å². The predicted molar refractivity (Wildman–Crippen MR) is 96.2 cm³/mol. The highest BCUT2D eigenvalue weighted by atomic mass is 16.3. The molecule has 0 unspecified atom stereocenters. The number of Topliss-reactive ketones (excluding diaryl/α,β-unsaturated/α-hetero) is 3. The van der Waals surface area contributed by atoms with E-state index in [-0.39, 0.29) is 36.5 Å². The molecule has 5 nitrogen and oxygen atoms in total. The lowest BCUT2D eigenvalue weighted by Gasteiger charge is -2.29. The van der Waals surface area contributed by atoms with Gasteiger partial charge in [0.15, 0.2) is 11.6 Å². The number of hydrogen-bond donors (Lipinski definition) is 2. The van der Waals surface area contributed by atoms with E-state index in [9.17, 15) is 24.6 Å². The summed E-state index contributed by atoms with van der Waals surface area (Å²) in [5.41, 5.74) is -2.24. The van der Waals surface area contributed by atoms with Gasteiger partial charge in [-0.05, 0) is 24.7 Å². The first-order valence-electron chi connectivity index (χ1n) is 9.29. The Hall–Kier alpha value is -1.49. The highest BCUT2D eigenvalue weighted by Gasteiger charge is 2.55. The maximum absolute atomic E-state index is 12.8. The molecule has 0 radical (unpaired) electrons. The molecule has 0 saturated carbocycles. The van der Waals surface area contributed by atoms with E-state index in [1.807, 2.05) is 34.6 Å². The fourth-order valence-electron chi connectivity index (χ4n) is 3.42. The Morgan fingerprint density at radius 1 is 1.16 bits per heavy atom. The maximum atomic E-state index is 12.8. The van der Waals surface area contributed by atoms with Crippen LogP contribution in [0.2, 0.25) is 0 Å². The SMILES string of the molecule is CCCC(=O)C1=C(O)[C@@](O)(CC(=O)CC(C)C)[C@H](CCC(C)C)C1=O. The Kier molecular flexibility index (Phi) is 7.54. The van der Waals surface area contributed by atoms with E-state index in [4.69, 9.17) is 0 Å². The van der Waals surface area contributed by atoms with Crippen LogP contribution >= 0.6 is 0 Å². The van der Waals surface area contributed by atoms with E-state index in [0.29, 0.717) is 25.2 Å². The number of ketones is 3. The van der Waals surface area contributed by atoms with Crippen molar-refractivity contribution in [2.24, 2.45) is 17.8 Å². The number of carbonyl (C=O) groups excluding carboxylic acids is 3. The predicted octanol–water partition coefficient (Wildman–Crippen LogP) is 3.54. The van der Waals surface area contributed by atoms with Gasteiger partial charge >= 0.3 is 0 Å². The van der Waals surface area contributed by atoms with Gasteiger partial charge in [0.1, 0.15) is 22.7 Å². The highest BCUT2D eigenvalue weighted by Crippen LogP contribution is 2.43. The first-order chi connectivity index (χ1) is 11.5. The summed E-state index contributed by atoms with van der Waals surface area (Å²) in [6.07, 6.45) is 1.63. The van der Waals surface area contributed by atoms with Crippen molar-refractivity contribution >= 4 is 17.3 Å². The summed E-state index contributed by atoms with van der Waals surface area (Å²) in [6.45, 7) is 9.59. The first-order valence-corrected chi connectivity index (χ1v) is 9.29. The molecule has 0 bridgehead atoms. The summed E-state index contributed by atoms with van der Waals surface area (Å²) in [5, 5.41) is 21.6. The molecule has 0 fully saturated rings. The van der Waals surface area contributed by atoms with Crippen molar-refractivity contribution in [2.45, 2.75) is 78.7 Å². The van der Waals surface area contributed by atoms with Gasteiger partial charge in [-0.2, -0.15) is 0 Å². The lowest BCUT2D eigenvalue weighted by atomic mass is 9.79. The molecule has 1 rings (SSSR count). The van der Waals surface area contributed by atoms with Crippen LogP contribution in [0.15, 0.2) is 11.3 Å². The van der Waals surface area contributed by atoms with Crippen molar-refractivity contribution in [2.75, 3.05) is 0 Å². The van der Waals surface area contributed by atoms with Crippen molar-refractivity contribution < 1.29 is 24.6 Å². The Labute approximate surface area is 150 Å². The molecule has 2 N–H and O–H groups in total. The number of carbonyl (C=O) groups is 3. The van der Waals surface area contributed by atoms with Gasteiger partial charge in [0.2, 0.25) is 0 Å². The van der Waals surface area contributed by atoms with Crippen LogP contribution in [0.5, 0.6) is 0 Å². The topological polar surface area (TPSA) is 91.7 Å². The highest BCUT2D eigenvalue weighted by molar-refractivity contribution is 6.23. The summed E-state index contributed by atoms with van der Waals surface area (Å²) in [7, 11) is 0. The molecule has 0 aromatic carbocycles. The molecule has 1 aliphatic rings. The second-order valence-corrected chi connectivity index (χ2v) is 8.02. The molecular formula is C20H32O5. The van der Waals surface area contributed by atoms with Crippen LogP contribution < -0.4 is 0 Å². The van der Waals surface area contributed by atoms with Crippen LogP contribution in [0.25, 0.3) is 0 Å². The van der Waals surface area contributed by atoms with E-state index in [1.165, 1.54) is 0 Å². The number of hydrogen-bond acceptors (Lipinski definition) is 5. The van der Waals surface area contributed by atoms with Gasteiger partial charge in [-0.25, -0.2) is 0 Å². The summed E-state index contributed by atoms with van der Waals surface area (Å²) in [6, 6.07) is 0. The Morgan fingerprint density at radius 2 is 1.76 bits per heavy atom. The minimum atomic E-state index is -1.95. The zero-order chi connectivity index (χ0) is 19.4. The number of allylic oxidation sites excluding steroid dienone is 1. The maximum Gasteiger partial charge on any atom is 0.176 e. The smallest absolute Gasteiger partial charge is 0.176 e. The van der Waals surface area contributed by atoms with Crippen LogP contribution in [0, 0.1) is 17.8 Å². The summed E-state index contributed by atoms with van der Waals surface area (Å²) >= 11 is 0. The van der Waals surface area contributed by atoms with Crippen LogP contribution in [-0.2, 0) is 14.4 Å². The molecular weight excluding hydrogens is 320 g/mol. The first kappa shape index (κ1) is 21.6. The molecule has 0 heterocycles. The Balaban J connectivity index is 3.20. The monoisotopic (exact) mass is 352 g/mol. The fourth-order valence-corrected chi connectivity index (χ4v) is 3.42. The van der Waals surface area contributed by atoms with Gasteiger partial charge in [-0.15, -0.1) is 0 Å². The number of aliphatic hydroxyl groups is 2. The fraction of sp³-hybridized carbons (Fsp3) is 0.750. The molecule has 1 aliphatic carbocycles. The molecule has 25 heavy (non-hydrogen) atoms. The lowest BCUT2D eigenvalue weighted by molar-refractivity contribution is -0.131. The van der Waals surface area contributed by atoms with E-state index >= 15 is 0 Å². The standard InChI is InChI=1S/C20H32O5/c1-6-7-16(22)17-18(23)15(9-8-12(2)3)20(25,19(17)24)11-14(21)10-13(4)5/h12-13,15,24-25H,6-11H2,1-5H3/t15-,20-/m1/s1. The zero-order valence-corrected chi connectivity index (χ0v) is 16.1. The van der Waals surface area contributed by atoms with Crippen LogP contribution in [0.1, 0.15) is 73.1 Å². The number of aliphatic hydroxyl groups excluding tert-OH is 1. The van der Waals surface area contributed by atoms with Crippen LogP contribution in [-0.4, -0.2) is 33.2 Å². The van der Waals surface area contributed by atoms with Crippen molar-refractivity contribution in [3.63, 3.8) is 0 Å². The van der Waals surface area contributed by atoms with E-state index in [0.717, 1.165) is 0 Å². The summed E-state index contributed by atoms with van der Waals surface area (Å²) in [5.74, 6) is -2.28. The average Bonchev–Trinajstić information content (AvgIpc) is 2.63. The minimum Gasteiger partial charge on any atom is -0.508 e. The molecule has 2 atom stereocenters. The largest absolute Gasteiger partial charge is 0.508 e. The van der Waals surface area contributed by atoms with Gasteiger partial charge in [0.25, 0.3) is 0 Å². The summed E-state index contributed by atoms with van der Waals surface area (Å²) in [4.78, 5) is 37.3.